The molecule has 0 aliphatic carbocycles. The van der Waals surface area contributed by atoms with E-state index in [-0.39, 0.29) is 11.4 Å². The zero-order valence-electron chi connectivity index (χ0n) is 14.0. The molecular formula is C18H27N3O2. The van der Waals surface area contributed by atoms with Gasteiger partial charge in [-0.15, -0.1) is 0 Å². The Morgan fingerprint density at radius 3 is 2.09 bits per heavy atom. The predicted octanol–water partition coefficient (Wildman–Crippen LogP) is 3.47. The normalized spacial score (nSPS) is 11.0. The molecule has 23 heavy (non-hydrogen) atoms. The van der Waals surface area contributed by atoms with Gasteiger partial charge in [-0.25, -0.2) is 14.3 Å². The van der Waals surface area contributed by atoms with Crippen LogP contribution in [0.15, 0.2) is 39.9 Å². The molecule has 1 heterocycles. The van der Waals surface area contributed by atoms with E-state index in [1.54, 1.807) is 0 Å². The fourth-order valence-corrected chi connectivity index (χ4v) is 2.83. The molecule has 0 bridgehead atoms. The van der Waals surface area contributed by atoms with E-state index < -0.39 is 0 Å². The van der Waals surface area contributed by atoms with Gasteiger partial charge in [0.25, 0.3) is 0 Å². The van der Waals surface area contributed by atoms with E-state index in [4.69, 9.17) is 0 Å². The Labute approximate surface area is 136 Å². The van der Waals surface area contributed by atoms with Gasteiger partial charge in [-0.3, -0.25) is 4.98 Å². The van der Waals surface area contributed by atoms with Gasteiger partial charge in [-0.05, 0) is 18.6 Å². The first-order chi connectivity index (χ1) is 11.2. The van der Waals surface area contributed by atoms with E-state index in [1.807, 2.05) is 30.3 Å². The summed E-state index contributed by atoms with van der Waals surface area (Å²) in [5.74, 6) is 0. The summed E-state index contributed by atoms with van der Waals surface area (Å²) in [4.78, 5) is 26.3. The largest absolute Gasteiger partial charge is 0.349 e. The van der Waals surface area contributed by atoms with Crippen LogP contribution in [0.1, 0.15) is 58.3 Å². The number of para-hydroxylation sites is 1. The Kier molecular flexibility index (Phi) is 6.91. The summed E-state index contributed by atoms with van der Waals surface area (Å²) in [5, 5.41) is 0. The summed E-state index contributed by atoms with van der Waals surface area (Å²) < 4.78 is 2.94. The molecule has 0 saturated carbocycles. The Balaban J connectivity index is 1.89. The number of nitrogens with one attached hydrogen (secondary N) is 1. The van der Waals surface area contributed by atoms with Gasteiger partial charge in [0.05, 0.1) is 5.69 Å². The van der Waals surface area contributed by atoms with Crippen LogP contribution in [0.4, 0.5) is 0 Å². The molecule has 0 atom stereocenters. The van der Waals surface area contributed by atoms with Crippen LogP contribution in [0, 0.1) is 0 Å². The highest BCUT2D eigenvalue weighted by molar-refractivity contribution is 5.29. The molecular weight excluding hydrogens is 290 g/mol. The van der Waals surface area contributed by atoms with Gasteiger partial charge >= 0.3 is 11.4 Å². The molecule has 2 rings (SSSR count). The molecule has 0 saturated heterocycles. The van der Waals surface area contributed by atoms with E-state index >= 15 is 0 Å². The minimum Gasteiger partial charge on any atom is -0.256 e. The van der Waals surface area contributed by atoms with Crippen LogP contribution < -0.4 is 11.4 Å². The average Bonchev–Trinajstić information content (AvgIpc) is 2.84. The lowest BCUT2D eigenvalue weighted by Gasteiger charge is -2.09. The fourth-order valence-electron chi connectivity index (χ4n) is 2.83. The molecule has 2 aromatic rings. The molecule has 0 fully saturated rings. The van der Waals surface area contributed by atoms with Gasteiger partial charge in [0.2, 0.25) is 0 Å². The first-order valence-electron chi connectivity index (χ1n) is 8.71. The molecule has 5 nitrogen and oxygen atoms in total. The molecule has 0 aliphatic rings. The van der Waals surface area contributed by atoms with E-state index in [1.165, 1.54) is 47.9 Å². The molecule has 1 aromatic carbocycles. The van der Waals surface area contributed by atoms with Gasteiger partial charge in [-0.1, -0.05) is 70.1 Å². The Hall–Kier alpha value is -2.04. The lowest BCUT2D eigenvalue weighted by Crippen LogP contribution is -2.25. The predicted molar refractivity (Wildman–Crippen MR) is 93.3 cm³/mol. The maximum Gasteiger partial charge on any atom is 0.349 e. The molecule has 0 aliphatic heterocycles. The van der Waals surface area contributed by atoms with E-state index in [9.17, 15) is 9.59 Å². The second kappa shape index (κ2) is 9.18. The molecule has 5 heteroatoms. The number of benzene rings is 1. The van der Waals surface area contributed by atoms with Crippen LogP contribution in [0.5, 0.6) is 0 Å². The molecule has 0 radical (unpaired) electrons. The van der Waals surface area contributed by atoms with Crippen molar-refractivity contribution < 1.29 is 0 Å². The summed E-state index contributed by atoms with van der Waals surface area (Å²) in [5.41, 5.74) is 0.0120. The van der Waals surface area contributed by atoms with Crippen molar-refractivity contribution >= 4 is 0 Å². The monoisotopic (exact) mass is 317 g/mol. The molecule has 1 aromatic heterocycles. The van der Waals surface area contributed by atoms with Crippen LogP contribution in [-0.4, -0.2) is 14.3 Å². The molecule has 0 spiro atoms. The number of unbranched alkanes of at least 4 members (excludes halogenated alkanes) is 7. The lowest BCUT2D eigenvalue weighted by atomic mass is 10.1. The van der Waals surface area contributed by atoms with Crippen LogP contribution in [0.2, 0.25) is 0 Å². The molecule has 1 N–H and O–H groups in total. The first-order valence-corrected chi connectivity index (χ1v) is 8.71. The highest BCUT2D eigenvalue weighted by Crippen LogP contribution is 2.09. The summed E-state index contributed by atoms with van der Waals surface area (Å²) in [6.45, 7) is 2.79. The van der Waals surface area contributed by atoms with Crippen LogP contribution in [0.3, 0.4) is 0 Å². The fraction of sp³-hybridized carbons (Fsp3) is 0.556. The lowest BCUT2D eigenvalue weighted by molar-refractivity contribution is 0.478. The average molecular weight is 317 g/mol. The van der Waals surface area contributed by atoms with Crippen molar-refractivity contribution in [1.29, 1.82) is 0 Å². The number of hydrogen-bond donors (Lipinski definition) is 1. The van der Waals surface area contributed by atoms with Gasteiger partial charge in [-0.2, -0.15) is 4.68 Å². The number of aromatic nitrogens is 3. The van der Waals surface area contributed by atoms with Crippen LogP contribution in [-0.2, 0) is 6.54 Å². The van der Waals surface area contributed by atoms with Crippen molar-refractivity contribution in [2.75, 3.05) is 0 Å². The Morgan fingerprint density at radius 1 is 0.826 bits per heavy atom. The van der Waals surface area contributed by atoms with Gasteiger partial charge in [0.15, 0.2) is 0 Å². The quantitative estimate of drug-likeness (QED) is 0.682. The Morgan fingerprint density at radius 2 is 1.43 bits per heavy atom. The second-order valence-corrected chi connectivity index (χ2v) is 5.98. The molecule has 0 unspecified atom stereocenters. The molecule has 126 valence electrons. The third-order valence-electron chi connectivity index (χ3n) is 4.11. The number of aromatic amines is 1. The number of nitrogens with zero attached hydrogens (tertiary/aromatic N) is 2. The van der Waals surface area contributed by atoms with Crippen molar-refractivity contribution in [3.05, 3.63) is 51.3 Å². The van der Waals surface area contributed by atoms with Gasteiger partial charge in [0, 0.05) is 6.54 Å². The van der Waals surface area contributed by atoms with Crippen molar-refractivity contribution in [1.82, 2.24) is 14.3 Å². The topological polar surface area (TPSA) is 59.8 Å². The van der Waals surface area contributed by atoms with Gasteiger partial charge in [0.1, 0.15) is 0 Å². The van der Waals surface area contributed by atoms with Crippen LogP contribution >= 0.6 is 0 Å². The van der Waals surface area contributed by atoms with Crippen molar-refractivity contribution in [2.24, 2.45) is 0 Å². The van der Waals surface area contributed by atoms with Crippen molar-refractivity contribution in [2.45, 2.75) is 64.8 Å². The summed E-state index contributed by atoms with van der Waals surface area (Å²) in [6.07, 6.45) is 9.67. The third-order valence-corrected chi connectivity index (χ3v) is 4.11. The zero-order chi connectivity index (χ0) is 16.5. The van der Waals surface area contributed by atoms with E-state index in [2.05, 4.69) is 11.9 Å². The van der Waals surface area contributed by atoms with E-state index in [0.29, 0.717) is 6.54 Å². The summed E-state index contributed by atoms with van der Waals surface area (Å²) >= 11 is 0. The molecule has 0 amide bonds. The smallest absolute Gasteiger partial charge is 0.256 e. The maximum absolute atomic E-state index is 12.0. The zero-order valence-corrected chi connectivity index (χ0v) is 14.0. The number of rotatable bonds is 10. The van der Waals surface area contributed by atoms with E-state index in [0.717, 1.165) is 18.5 Å². The maximum atomic E-state index is 12.0. The SMILES string of the molecule is CCCCCCCCCCn1c(=O)[nH]c(=O)n1-c1ccccc1. The minimum absolute atomic E-state index is 0.332. The third kappa shape index (κ3) is 4.98. The van der Waals surface area contributed by atoms with Crippen molar-refractivity contribution in [3.8, 4) is 5.69 Å². The standard InChI is InChI=1S/C18H27N3O2/c1-2-3-4-5-6-7-8-12-15-20-17(22)19-18(23)21(20)16-13-10-9-11-14-16/h9-11,13-14H,2-8,12,15H2,1H3,(H,19,22,23). The minimum atomic E-state index is -0.374. The van der Waals surface area contributed by atoms with Crippen molar-refractivity contribution in [3.63, 3.8) is 0 Å². The van der Waals surface area contributed by atoms with Gasteiger partial charge < -0.3 is 0 Å². The highest BCUT2D eigenvalue weighted by Gasteiger charge is 2.10. The second-order valence-electron chi connectivity index (χ2n) is 5.98. The number of hydrogen-bond acceptors (Lipinski definition) is 2. The van der Waals surface area contributed by atoms with Crippen LogP contribution in [0.25, 0.3) is 5.69 Å². The first kappa shape index (κ1) is 17.3. The Bertz CT molecular complexity index is 682. The summed E-state index contributed by atoms with van der Waals surface area (Å²) in [6, 6.07) is 9.28. The number of H-pyrrole nitrogens is 1. The summed E-state index contributed by atoms with van der Waals surface area (Å²) in [7, 11) is 0. The highest BCUT2D eigenvalue weighted by atomic mass is 16.2.